The fourth-order valence-electron chi connectivity index (χ4n) is 3.89. The van der Waals surface area contributed by atoms with Crippen LogP contribution in [-0.2, 0) is 11.2 Å². The topological polar surface area (TPSA) is 64.0 Å². The van der Waals surface area contributed by atoms with Crippen molar-refractivity contribution < 1.29 is 9.18 Å². The van der Waals surface area contributed by atoms with Crippen LogP contribution in [0.2, 0.25) is 0 Å². The standard InChI is InChI=1S/C23H24FN3O2S/c24-17-11-9-16(10-12-17)13-14-25-21(28)15-30-23-26-20-8-4-3-7-19(20)22(29)27(23)18-5-1-2-6-18/h3-4,7-12,18H,1-2,5-6,13-15H2,(H,25,28). The summed E-state index contributed by atoms with van der Waals surface area (Å²) < 4.78 is 14.8. The third-order valence-corrected chi connectivity index (χ3v) is 6.40. The lowest BCUT2D eigenvalue weighted by Crippen LogP contribution is -2.29. The Morgan fingerprint density at radius 3 is 2.63 bits per heavy atom. The van der Waals surface area contributed by atoms with Crippen molar-refractivity contribution in [1.82, 2.24) is 14.9 Å². The number of nitrogens with one attached hydrogen (secondary N) is 1. The average Bonchev–Trinajstić information content (AvgIpc) is 3.28. The summed E-state index contributed by atoms with van der Waals surface area (Å²) in [7, 11) is 0. The van der Waals surface area contributed by atoms with Gasteiger partial charge in [-0.15, -0.1) is 0 Å². The molecule has 1 amide bonds. The molecule has 30 heavy (non-hydrogen) atoms. The van der Waals surface area contributed by atoms with Crippen molar-refractivity contribution in [2.75, 3.05) is 12.3 Å². The summed E-state index contributed by atoms with van der Waals surface area (Å²) in [5.41, 5.74) is 1.61. The lowest BCUT2D eigenvalue weighted by atomic mass is 10.1. The molecular formula is C23H24FN3O2S. The highest BCUT2D eigenvalue weighted by molar-refractivity contribution is 7.99. The van der Waals surface area contributed by atoms with Crippen LogP contribution in [0.25, 0.3) is 10.9 Å². The number of nitrogens with zero attached hydrogens (tertiary/aromatic N) is 2. The Hall–Kier alpha value is -2.67. The lowest BCUT2D eigenvalue weighted by molar-refractivity contribution is -0.118. The van der Waals surface area contributed by atoms with Crippen LogP contribution in [0.3, 0.4) is 0 Å². The Bertz CT molecular complexity index is 1090. The fraction of sp³-hybridized carbons (Fsp3) is 0.348. The smallest absolute Gasteiger partial charge is 0.262 e. The van der Waals surface area contributed by atoms with Crippen LogP contribution in [-0.4, -0.2) is 27.8 Å². The number of para-hydroxylation sites is 1. The van der Waals surface area contributed by atoms with E-state index in [2.05, 4.69) is 5.32 Å². The molecule has 1 heterocycles. The number of aromatic nitrogens is 2. The Balaban J connectivity index is 1.43. The second-order valence-corrected chi connectivity index (χ2v) is 8.48. The van der Waals surface area contributed by atoms with E-state index in [0.717, 1.165) is 31.2 Å². The molecule has 5 nitrogen and oxygen atoms in total. The average molecular weight is 426 g/mol. The zero-order chi connectivity index (χ0) is 20.9. The molecule has 1 aromatic heterocycles. The summed E-state index contributed by atoms with van der Waals surface area (Å²) in [6.07, 6.45) is 4.79. The zero-order valence-corrected chi connectivity index (χ0v) is 17.5. The number of carbonyl (C=O) groups is 1. The number of halogens is 1. The van der Waals surface area contributed by atoms with Crippen LogP contribution in [0, 0.1) is 5.82 Å². The van der Waals surface area contributed by atoms with E-state index in [4.69, 9.17) is 4.98 Å². The molecule has 4 rings (SSSR count). The summed E-state index contributed by atoms with van der Waals surface area (Å²) in [5, 5.41) is 4.12. The Kier molecular flexibility index (Phi) is 6.47. The molecule has 0 spiro atoms. The van der Waals surface area contributed by atoms with Gasteiger partial charge in [-0.25, -0.2) is 9.37 Å². The van der Waals surface area contributed by atoms with E-state index in [1.165, 1.54) is 23.9 Å². The number of carbonyl (C=O) groups excluding carboxylic acids is 1. The van der Waals surface area contributed by atoms with E-state index in [0.29, 0.717) is 29.0 Å². The predicted octanol–water partition coefficient (Wildman–Crippen LogP) is 4.10. The third kappa shape index (κ3) is 4.73. The summed E-state index contributed by atoms with van der Waals surface area (Å²) in [6.45, 7) is 0.478. The van der Waals surface area contributed by atoms with Gasteiger partial charge in [-0.05, 0) is 49.1 Å². The van der Waals surface area contributed by atoms with Crippen LogP contribution in [0.5, 0.6) is 0 Å². The Morgan fingerprint density at radius 1 is 1.13 bits per heavy atom. The molecule has 7 heteroatoms. The molecule has 0 atom stereocenters. The van der Waals surface area contributed by atoms with Gasteiger partial charge in [0.15, 0.2) is 5.16 Å². The molecule has 0 radical (unpaired) electrons. The quantitative estimate of drug-likeness (QED) is 0.457. The van der Waals surface area contributed by atoms with Crippen LogP contribution < -0.4 is 10.9 Å². The first-order chi connectivity index (χ1) is 14.6. The molecule has 1 aliphatic carbocycles. The van der Waals surface area contributed by atoms with Crippen LogP contribution in [0.15, 0.2) is 58.5 Å². The zero-order valence-electron chi connectivity index (χ0n) is 16.6. The number of benzene rings is 2. The first-order valence-corrected chi connectivity index (χ1v) is 11.3. The van der Waals surface area contributed by atoms with Gasteiger partial charge in [-0.2, -0.15) is 0 Å². The number of thioether (sulfide) groups is 1. The number of amides is 1. The number of fused-ring (bicyclic) bond motifs is 1. The minimum absolute atomic E-state index is 0.0216. The molecule has 156 valence electrons. The molecule has 3 aromatic rings. The van der Waals surface area contributed by atoms with Gasteiger partial charge < -0.3 is 5.32 Å². The Morgan fingerprint density at radius 2 is 1.87 bits per heavy atom. The minimum Gasteiger partial charge on any atom is -0.355 e. The summed E-state index contributed by atoms with van der Waals surface area (Å²) in [6, 6.07) is 13.8. The molecular weight excluding hydrogens is 401 g/mol. The Labute approximate surface area is 178 Å². The summed E-state index contributed by atoms with van der Waals surface area (Å²) >= 11 is 1.31. The fourth-order valence-corrected chi connectivity index (χ4v) is 4.79. The van der Waals surface area contributed by atoms with Crippen molar-refractivity contribution >= 4 is 28.6 Å². The SMILES string of the molecule is O=C(CSc1nc2ccccc2c(=O)n1C1CCCC1)NCCc1ccc(F)cc1. The minimum atomic E-state index is -0.268. The summed E-state index contributed by atoms with van der Waals surface area (Å²) in [5.74, 6) is -0.182. The maximum Gasteiger partial charge on any atom is 0.262 e. The molecule has 1 saturated carbocycles. The van der Waals surface area contributed by atoms with E-state index in [1.807, 2.05) is 24.3 Å². The normalized spacial score (nSPS) is 14.3. The third-order valence-electron chi connectivity index (χ3n) is 5.45. The van der Waals surface area contributed by atoms with Crippen LogP contribution in [0.1, 0.15) is 37.3 Å². The predicted molar refractivity (Wildman–Crippen MR) is 117 cm³/mol. The van der Waals surface area contributed by atoms with Crippen LogP contribution in [0.4, 0.5) is 4.39 Å². The van der Waals surface area contributed by atoms with Gasteiger partial charge in [0.05, 0.1) is 16.7 Å². The second-order valence-electron chi connectivity index (χ2n) is 7.54. The van der Waals surface area contributed by atoms with Gasteiger partial charge in [0.2, 0.25) is 5.91 Å². The summed E-state index contributed by atoms with van der Waals surface area (Å²) in [4.78, 5) is 30.1. The molecule has 0 bridgehead atoms. The maximum absolute atomic E-state index is 13.1. The van der Waals surface area contributed by atoms with Crippen molar-refractivity contribution in [3.8, 4) is 0 Å². The van der Waals surface area contributed by atoms with Crippen molar-refractivity contribution in [2.45, 2.75) is 43.3 Å². The van der Waals surface area contributed by atoms with Gasteiger partial charge in [0.1, 0.15) is 5.82 Å². The lowest BCUT2D eigenvalue weighted by Gasteiger charge is -2.18. The van der Waals surface area contributed by atoms with Gasteiger partial charge in [0, 0.05) is 12.6 Å². The maximum atomic E-state index is 13.1. The van der Waals surface area contributed by atoms with E-state index >= 15 is 0 Å². The first kappa shape index (κ1) is 20.6. The van der Waals surface area contributed by atoms with Crippen molar-refractivity contribution in [2.24, 2.45) is 0 Å². The van der Waals surface area contributed by atoms with Gasteiger partial charge >= 0.3 is 0 Å². The molecule has 1 fully saturated rings. The van der Waals surface area contributed by atoms with E-state index in [1.54, 1.807) is 16.7 Å². The molecule has 1 aliphatic rings. The van der Waals surface area contributed by atoms with Gasteiger partial charge in [-0.3, -0.25) is 14.2 Å². The largest absolute Gasteiger partial charge is 0.355 e. The van der Waals surface area contributed by atoms with Crippen LogP contribution >= 0.6 is 11.8 Å². The van der Waals surface area contributed by atoms with E-state index in [-0.39, 0.29) is 29.1 Å². The van der Waals surface area contributed by atoms with E-state index < -0.39 is 0 Å². The monoisotopic (exact) mass is 425 g/mol. The highest BCUT2D eigenvalue weighted by Crippen LogP contribution is 2.32. The molecule has 0 saturated heterocycles. The molecule has 1 N–H and O–H groups in total. The van der Waals surface area contributed by atoms with Crippen molar-refractivity contribution in [3.63, 3.8) is 0 Å². The highest BCUT2D eigenvalue weighted by Gasteiger charge is 2.23. The van der Waals surface area contributed by atoms with Crippen molar-refractivity contribution in [1.29, 1.82) is 0 Å². The molecule has 2 aromatic carbocycles. The molecule has 0 unspecified atom stereocenters. The number of rotatable bonds is 7. The highest BCUT2D eigenvalue weighted by atomic mass is 32.2. The van der Waals surface area contributed by atoms with Gasteiger partial charge in [-0.1, -0.05) is 48.9 Å². The first-order valence-electron chi connectivity index (χ1n) is 10.3. The molecule has 0 aliphatic heterocycles. The van der Waals surface area contributed by atoms with E-state index in [9.17, 15) is 14.0 Å². The second kappa shape index (κ2) is 9.43. The number of hydrogen-bond donors (Lipinski definition) is 1. The van der Waals surface area contributed by atoms with Crippen molar-refractivity contribution in [3.05, 3.63) is 70.3 Å². The van der Waals surface area contributed by atoms with Gasteiger partial charge in [0.25, 0.3) is 5.56 Å². The number of hydrogen-bond acceptors (Lipinski definition) is 4.